The average molecular weight is 171 g/mol. The predicted octanol–water partition coefficient (Wildman–Crippen LogP) is 2.36. The molecule has 1 heterocycles. The highest BCUT2D eigenvalue weighted by Crippen LogP contribution is 2.18. The number of rotatable bonds is 0. The summed E-state index contributed by atoms with van der Waals surface area (Å²) in [6, 6.07) is 4.87. The van der Waals surface area contributed by atoms with Crippen molar-refractivity contribution >= 4 is 22.5 Å². The van der Waals surface area contributed by atoms with Crippen molar-refractivity contribution in [3.63, 3.8) is 0 Å². The SMILES string of the molecule is Fc1[nH]nc2ccc(Cl)cc12. The Bertz CT molecular complexity index is 396. The average Bonchev–Trinajstić information content (AvgIpc) is 2.33. The number of H-pyrrole nitrogens is 1. The Morgan fingerprint density at radius 1 is 1.45 bits per heavy atom. The predicted molar refractivity (Wildman–Crippen MR) is 41.1 cm³/mol. The molecule has 0 aliphatic heterocycles. The summed E-state index contributed by atoms with van der Waals surface area (Å²) in [5, 5.41) is 6.87. The lowest BCUT2D eigenvalue weighted by molar-refractivity contribution is 0.588. The molecule has 0 aliphatic rings. The maximum absolute atomic E-state index is 12.7. The quantitative estimate of drug-likeness (QED) is 0.646. The van der Waals surface area contributed by atoms with E-state index in [1.54, 1.807) is 12.1 Å². The minimum absolute atomic E-state index is 0.428. The largest absolute Gasteiger partial charge is 0.252 e. The first-order valence-electron chi connectivity index (χ1n) is 3.06. The number of fused-ring (bicyclic) bond motifs is 1. The van der Waals surface area contributed by atoms with Crippen LogP contribution in [-0.2, 0) is 0 Å². The fraction of sp³-hybridized carbons (Fsp3) is 0. The molecular weight excluding hydrogens is 167 g/mol. The molecule has 1 N–H and O–H groups in total. The lowest BCUT2D eigenvalue weighted by Gasteiger charge is -1.87. The van der Waals surface area contributed by atoms with Crippen LogP contribution in [0.25, 0.3) is 10.9 Å². The zero-order chi connectivity index (χ0) is 7.84. The molecule has 1 aromatic heterocycles. The number of nitrogens with zero attached hydrogens (tertiary/aromatic N) is 1. The Kier molecular flexibility index (Phi) is 1.32. The van der Waals surface area contributed by atoms with Crippen molar-refractivity contribution in [2.45, 2.75) is 0 Å². The van der Waals surface area contributed by atoms with Crippen LogP contribution < -0.4 is 0 Å². The molecule has 0 aliphatic carbocycles. The summed E-state index contributed by atoms with van der Waals surface area (Å²) >= 11 is 5.64. The monoisotopic (exact) mass is 170 g/mol. The number of benzene rings is 1. The van der Waals surface area contributed by atoms with Crippen LogP contribution in [0.3, 0.4) is 0 Å². The second-order valence-electron chi connectivity index (χ2n) is 2.20. The normalized spacial score (nSPS) is 10.7. The van der Waals surface area contributed by atoms with Gasteiger partial charge in [-0.05, 0) is 18.2 Å². The summed E-state index contributed by atoms with van der Waals surface area (Å²) in [5.74, 6) is -0.442. The number of hydrogen-bond acceptors (Lipinski definition) is 1. The van der Waals surface area contributed by atoms with Gasteiger partial charge in [0.05, 0.1) is 10.9 Å². The first-order chi connectivity index (χ1) is 5.27. The zero-order valence-electron chi connectivity index (χ0n) is 5.44. The molecule has 0 fully saturated rings. The van der Waals surface area contributed by atoms with Crippen LogP contribution in [0.5, 0.6) is 0 Å². The van der Waals surface area contributed by atoms with Gasteiger partial charge in [-0.3, -0.25) is 5.10 Å². The number of aromatic amines is 1. The maximum atomic E-state index is 12.7. The smallest absolute Gasteiger partial charge is 0.216 e. The lowest BCUT2D eigenvalue weighted by Crippen LogP contribution is -1.70. The van der Waals surface area contributed by atoms with Gasteiger partial charge in [0.25, 0.3) is 0 Å². The van der Waals surface area contributed by atoms with E-state index in [0.717, 1.165) is 0 Å². The van der Waals surface area contributed by atoms with Crippen LogP contribution in [0.15, 0.2) is 18.2 Å². The molecule has 2 rings (SSSR count). The molecule has 0 unspecified atom stereocenters. The van der Waals surface area contributed by atoms with Gasteiger partial charge in [0.1, 0.15) is 0 Å². The summed E-state index contributed by atoms with van der Waals surface area (Å²) in [6.45, 7) is 0. The minimum atomic E-state index is -0.442. The lowest BCUT2D eigenvalue weighted by atomic mass is 10.2. The Hall–Kier alpha value is -1.09. The molecule has 11 heavy (non-hydrogen) atoms. The van der Waals surface area contributed by atoms with Crippen LogP contribution >= 0.6 is 11.6 Å². The van der Waals surface area contributed by atoms with E-state index in [-0.39, 0.29) is 0 Å². The van der Waals surface area contributed by atoms with Crippen molar-refractivity contribution < 1.29 is 4.39 Å². The highest BCUT2D eigenvalue weighted by Gasteiger charge is 2.03. The summed E-state index contributed by atoms with van der Waals surface area (Å²) < 4.78 is 12.7. The van der Waals surface area contributed by atoms with Gasteiger partial charge in [0.15, 0.2) is 0 Å². The van der Waals surface area contributed by atoms with E-state index in [4.69, 9.17) is 11.6 Å². The van der Waals surface area contributed by atoms with E-state index in [9.17, 15) is 4.39 Å². The molecule has 0 amide bonds. The second-order valence-corrected chi connectivity index (χ2v) is 2.64. The van der Waals surface area contributed by atoms with Gasteiger partial charge < -0.3 is 0 Å². The van der Waals surface area contributed by atoms with Gasteiger partial charge in [-0.15, -0.1) is 0 Å². The van der Waals surface area contributed by atoms with Gasteiger partial charge in [0.2, 0.25) is 5.95 Å². The molecule has 0 bridgehead atoms. The highest BCUT2D eigenvalue weighted by molar-refractivity contribution is 6.31. The van der Waals surface area contributed by atoms with Gasteiger partial charge in [0, 0.05) is 5.02 Å². The van der Waals surface area contributed by atoms with Crippen molar-refractivity contribution in [1.29, 1.82) is 0 Å². The van der Waals surface area contributed by atoms with Crippen molar-refractivity contribution in [3.8, 4) is 0 Å². The van der Waals surface area contributed by atoms with Crippen LogP contribution in [0, 0.1) is 5.95 Å². The number of nitrogens with one attached hydrogen (secondary N) is 1. The fourth-order valence-corrected chi connectivity index (χ4v) is 1.12. The summed E-state index contributed by atoms with van der Waals surface area (Å²) in [5.41, 5.74) is 0.590. The Balaban J connectivity index is 2.87. The van der Waals surface area contributed by atoms with E-state index < -0.39 is 5.95 Å². The Labute approximate surface area is 67.0 Å². The minimum Gasteiger partial charge on any atom is -0.252 e. The number of aromatic nitrogens is 2. The van der Waals surface area contributed by atoms with Gasteiger partial charge >= 0.3 is 0 Å². The Morgan fingerprint density at radius 3 is 3.09 bits per heavy atom. The zero-order valence-corrected chi connectivity index (χ0v) is 6.19. The molecule has 2 nitrogen and oxygen atoms in total. The molecule has 0 saturated heterocycles. The molecule has 56 valence electrons. The first kappa shape index (κ1) is 6.61. The van der Waals surface area contributed by atoms with E-state index >= 15 is 0 Å². The van der Waals surface area contributed by atoms with Crippen molar-refractivity contribution in [3.05, 3.63) is 29.2 Å². The van der Waals surface area contributed by atoms with Crippen molar-refractivity contribution in [2.75, 3.05) is 0 Å². The third-order valence-corrected chi connectivity index (χ3v) is 1.70. The third-order valence-electron chi connectivity index (χ3n) is 1.47. The standard InChI is InChI=1S/C7H4ClFN2/c8-4-1-2-6-5(3-4)7(9)11-10-6/h1-3H,(H,10,11). The van der Waals surface area contributed by atoms with Crippen molar-refractivity contribution in [2.24, 2.45) is 0 Å². The molecule has 0 atom stereocenters. The molecule has 1 aromatic carbocycles. The topological polar surface area (TPSA) is 28.7 Å². The van der Waals surface area contributed by atoms with Crippen LogP contribution in [0.2, 0.25) is 5.02 Å². The summed E-state index contributed by atoms with van der Waals surface area (Å²) in [6.07, 6.45) is 0. The van der Waals surface area contributed by atoms with Crippen LogP contribution in [-0.4, -0.2) is 10.2 Å². The van der Waals surface area contributed by atoms with Crippen molar-refractivity contribution in [1.82, 2.24) is 10.2 Å². The molecule has 4 heteroatoms. The van der Waals surface area contributed by atoms with E-state index in [2.05, 4.69) is 10.2 Å². The first-order valence-corrected chi connectivity index (χ1v) is 3.44. The Morgan fingerprint density at radius 2 is 2.27 bits per heavy atom. The number of halogens is 2. The van der Waals surface area contributed by atoms with E-state index in [1.807, 2.05) is 0 Å². The van der Waals surface area contributed by atoms with E-state index in [1.165, 1.54) is 6.07 Å². The van der Waals surface area contributed by atoms with Crippen LogP contribution in [0.1, 0.15) is 0 Å². The maximum Gasteiger partial charge on any atom is 0.216 e. The number of hydrogen-bond donors (Lipinski definition) is 1. The fourth-order valence-electron chi connectivity index (χ4n) is 0.951. The molecule has 0 radical (unpaired) electrons. The molecule has 0 spiro atoms. The summed E-state index contributed by atoms with van der Waals surface area (Å²) in [4.78, 5) is 0. The highest BCUT2D eigenvalue weighted by atomic mass is 35.5. The molecule has 2 aromatic rings. The molecule has 0 saturated carbocycles. The van der Waals surface area contributed by atoms with Gasteiger partial charge in [-0.1, -0.05) is 11.6 Å². The van der Waals surface area contributed by atoms with Crippen LogP contribution in [0.4, 0.5) is 4.39 Å². The third kappa shape index (κ3) is 0.973. The second kappa shape index (κ2) is 2.20. The van der Waals surface area contributed by atoms with Gasteiger partial charge in [-0.25, -0.2) is 0 Å². The van der Waals surface area contributed by atoms with E-state index in [0.29, 0.717) is 15.9 Å². The molecular formula is C7H4ClFN2. The van der Waals surface area contributed by atoms with Gasteiger partial charge in [-0.2, -0.15) is 9.49 Å². The summed E-state index contributed by atoms with van der Waals surface area (Å²) in [7, 11) is 0.